The molecule has 0 unspecified atom stereocenters. The Balaban J connectivity index is 2.22. The summed E-state index contributed by atoms with van der Waals surface area (Å²) in [6, 6.07) is 8.48. The van der Waals surface area contributed by atoms with Gasteiger partial charge in [0.05, 0.1) is 9.82 Å². The van der Waals surface area contributed by atoms with Gasteiger partial charge in [0.1, 0.15) is 0 Å². The van der Waals surface area contributed by atoms with Crippen LogP contribution in [0.3, 0.4) is 0 Å². The zero-order chi connectivity index (χ0) is 20.4. The third kappa shape index (κ3) is 5.17. The number of carbonyl (C=O) groups excluding carboxylic acids is 1. The smallest absolute Gasteiger partial charge is 0.312 e. The van der Waals surface area contributed by atoms with E-state index in [-0.39, 0.29) is 16.5 Å². The van der Waals surface area contributed by atoms with Crippen molar-refractivity contribution in [3.05, 3.63) is 58.1 Å². The van der Waals surface area contributed by atoms with Crippen LogP contribution < -0.4 is 10.0 Å². The van der Waals surface area contributed by atoms with Crippen LogP contribution in [0.5, 0.6) is 5.75 Å². The van der Waals surface area contributed by atoms with Crippen LogP contribution in [0, 0.1) is 10.1 Å². The van der Waals surface area contributed by atoms with Gasteiger partial charge < -0.3 is 10.4 Å². The van der Waals surface area contributed by atoms with Crippen molar-refractivity contribution < 1.29 is 23.2 Å². The van der Waals surface area contributed by atoms with Crippen LogP contribution >= 0.6 is 0 Å². The molecule has 0 heterocycles. The van der Waals surface area contributed by atoms with Crippen molar-refractivity contribution in [1.82, 2.24) is 5.32 Å². The summed E-state index contributed by atoms with van der Waals surface area (Å²) < 4.78 is 27.1. The Morgan fingerprint density at radius 1 is 1.11 bits per heavy atom. The van der Waals surface area contributed by atoms with Gasteiger partial charge in [-0.1, -0.05) is 0 Å². The number of anilines is 1. The Hall–Kier alpha value is -3.14. The second-order valence-corrected chi connectivity index (χ2v) is 8.48. The average Bonchev–Trinajstić information content (AvgIpc) is 2.53. The number of hydrogen-bond acceptors (Lipinski definition) is 6. The number of nitrogens with one attached hydrogen (secondary N) is 2. The molecule has 9 nitrogen and oxygen atoms in total. The minimum absolute atomic E-state index is 0.179. The van der Waals surface area contributed by atoms with Crippen LogP contribution in [-0.2, 0) is 10.0 Å². The second-order valence-electron chi connectivity index (χ2n) is 6.79. The van der Waals surface area contributed by atoms with Crippen LogP contribution in [0.4, 0.5) is 11.4 Å². The molecule has 3 N–H and O–H groups in total. The van der Waals surface area contributed by atoms with E-state index in [4.69, 9.17) is 0 Å². The van der Waals surface area contributed by atoms with Crippen molar-refractivity contribution >= 4 is 27.3 Å². The molecular weight excluding hydrogens is 374 g/mol. The van der Waals surface area contributed by atoms with E-state index >= 15 is 0 Å². The fourth-order valence-corrected chi connectivity index (χ4v) is 3.21. The molecule has 0 bridgehead atoms. The van der Waals surface area contributed by atoms with Crippen LogP contribution in [-0.4, -0.2) is 29.9 Å². The first-order valence-electron chi connectivity index (χ1n) is 7.82. The lowest BCUT2D eigenvalue weighted by Crippen LogP contribution is -2.40. The lowest BCUT2D eigenvalue weighted by atomic mass is 10.1. The Morgan fingerprint density at radius 3 is 2.22 bits per heavy atom. The molecule has 10 heteroatoms. The summed E-state index contributed by atoms with van der Waals surface area (Å²) in [4.78, 5) is 21.7. The van der Waals surface area contributed by atoms with Gasteiger partial charge in [-0.05, 0) is 57.2 Å². The summed E-state index contributed by atoms with van der Waals surface area (Å²) in [5.74, 6) is -0.931. The van der Waals surface area contributed by atoms with Crippen molar-refractivity contribution in [2.24, 2.45) is 0 Å². The molecule has 0 aromatic heterocycles. The van der Waals surface area contributed by atoms with Crippen molar-refractivity contribution in [2.75, 3.05) is 4.72 Å². The van der Waals surface area contributed by atoms with Crippen LogP contribution in [0.2, 0.25) is 0 Å². The molecule has 0 aliphatic carbocycles. The monoisotopic (exact) mass is 393 g/mol. The van der Waals surface area contributed by atoms with Crippen LogP contribution in [0.15, 0.2) is 47.4 Å². The molecule has 2 aromatic rings. The van der Waals surface area contributed by atoms with E-state index < -0.39 is 31.9 Å². The summed E-state index contributed by atoms with van der Waals surface area (Å²) in [7, 11) is -4.11. The van der Waals surface area contributed by atoms with Gasteiger partial charge in [-0.25, -0.2) is 8.42 Å². The van der Waals surface area contributed by atoms with E-state index in [1.165, 1.54) is 24.3 Å². The summed E-state index contributed by atoms with van der Waals surface area (Å²) >= 11 is 0. The predicted octanol–water partition coefficient (Wildman–Crippen LogP) is 2.63. The molecule has 0 saturated carbocycles. The van der Waals surface area contributed by atoms with Crippen molar-refractivity contribution in [2.45, 2.75) is 31.2 Å². The number of phenolic OH excluding ortho intramolecular Hbond substituents is 1. The number of nitro groups is 1. The van der Waals surface area contributed by atoms with Gasteiger partial charge in [-0.2, -0.15) is 0 Å². The quantitative estimate of drug-likeness (QED) is 0.527. The van der Waals surface area contributed by atoms with Gasteiger partial charge in [0, 0.05) is 22.9 Å². The Kier molecular flexibility index (Phi) is 5.41. The number of hydrogen-bond donors (Lipinski definition) is 3. The molecule has 0 spiro atoms. The number of nitro benzene ring substituents is 1. The first kappa shape index (κ1) is 20.2. The maximum absolute atomic E-state index is 12.4. The number of rotatable bonds is 5. The topological polar surface area (TPSA) is 139 Å². The minimum atomic E-state index is -4.11. The summed E-state index contributed by atoms with van der Waals surface area (Å²) in [6.07, 6.45) is 0. The number of phenols is 1. The standard InChI is InChI=1S/C17H19N3O6S/c1-17(2,3)18-16(22)11-4-6-12(7-5-11)19-27(25,26)13-8-9-15(21)14(10-13)20(23)24/h4-10,19,21H,1-3H3,(H,18,22). The highest BCUT2D eigenvalue weighted by Gasteiger charge is 2.21. The molecule has 0 saturated heterocycles. The summed E-state index contributed by atoms with van der Waals surface area (Å²) in [5.41, 5.74) is -0.594. The van der Waals surface area contributed by atoms with Crippen molar-refractivity contribution in [1.29, 1.82) is 0 Å². The number of aromatic hydroxyl groups is 1. The zero-order valence-electron chi connectivity index (χ0n) is 14.9. The first-order chi connectivity index (χ1) is 12.4. The van der Waals surface area contributed by atoms with E-state index in [1.807, 2.05) is 20.8 Å². The summed E-state index contributed by atoms with van der Waals surface area (Å²) in [5, 5.41) is 23.1. The van der Waals surface area contributed by atoms with Gasteiger partial charge >= 0.3 is 5.69 Å². The third-order valence-corrected chi connectivity index (χ3v) is 4.72. The zero-order valence-corrected chi connectivity index (χ0v) is 15.7. The Labute approximate surface area is 156 Å². The van der Waals surface area contributed by atoms with Crippen LogP contribution in [0.25, 0.3) is 0 Å². The van der Waals surface area contributed by atoms with Crippen LogP contribution in [0.1, 0.15) is 31.1 Å². The maximum Gasteiger partial charge on any atom is 0.312 e. The highest BCUT2D eigenvalue weighted by molar-refractivity contribution is 7.92. The number of sulfonamides is 1. The SMILES string of the molecule is CC(C)(C)NC(=O)c1ccc(NS(=O)(=O)c2ccc(O)c([N+](=O)[O-])c2)cc1. The molecule has 0 atom stereocenters. The second kappa shape index (κ2) is 7.23. The third-order valence-electron chi connectivity index (χ3n) is 3.34. The predicted molar refractivity (Wildman–Crippen MR) is 99.2 cm³/mol. The number of carbonyl (C=O) groups is 1. The Morgan fingerprint density at radius 2 is 1.70 bits per heavy atom. The molecule has 0 aliphatic heterocycles. The highest BCUT2D eigenvalue weighted by atomic mass is 32.2. The van der Waals surface area contributed by atoms with Gasteiger partial charge in [-0.3, -0.25) is 19.6 Å². The van der Waals surface area contributed by atoms with Gasteiger partial charge in [0.15, 0.2) is 5.75 Å². The maximum atomic E-state index is 12.4. The molecule has 0 fully saturated rings. The van der Waals surface area contributed by atoms with Gasteiger partial charge in [0.25, 0.3) is 15.9 Å². The highest BCUT2D eigenvalue weighted by Crippen LogP contribution is 2.29. The van der Waals surface area contributed by atoms with E-state index in [9.17, 15) is 28.4 Å². The lowest BCUT2D eigenvalue weighted by Gasteiger charge is -2.20. The average molecular weight is 393 g/mol. The molecule has 0 aliphatic rings. The first-order valence-corrected chi connectivity index (χ1v) is 9.30. The fraction of sp³-hybridized carbons (Fsp3) is 0.235. The molecule has 1 amide bonds. The largest absolute Gasteiger partial charge is 0.502 e. The van der Waals surface area contributed by atoms with Gasteiger partial charge in [0.2, 0.25) is 0 Å². The fourth-order valence-electron chi connectivity index (χ4n) is 2.13. The molecule has 144 valence electrons. The number of benzene rings is 2. The molecular formula is C17H19N3O6S. The number of nitrogens with zero attached hydrogens (tertiary/aromatic N) is 1. The molecule has 0 radical (unpaired) electrons. The molecule has 2 rings (SSSR count). The lowest BCUT2D eigenvalue weighted by molar-refractivity contribution is -0.386. The normalized spacial score (nSPS) is 11.7. The van der Waals surface area contributed by atoms with E-state index in [1.54, 1.807) is 0 Å². The Bertz CT molecular complexity index is 979. The molecule has 2 aromatic carbocycles. The van der Waals surface area contributed by atoms with Crippen molar-refractivity contribution in [3.8, 4) is 5.75 Å². The molecule has 27 heavy (non-hydrogen) atoms. The van der Waals surface area contributed by atoms with E-state index in [0.717, 1.165) is 18.2 Å². The van der Waals surface area contributed by atoms with Gasteiger partial charge in [-0.15, -0.1) is 0 Å². The summed E-state index contributed by atoms with van der Waals surface area (Å²) in [6.45, 7) is 5.51. The van der Waals surface area contributed by atoms with E-state index in [2.05, 4.69) is 10.0 Å². The minimum Gasteiger partial charge on any atom is -0.502 e. The van der Waals surface area contributed by atoms with Crippen molar-refractivity contribution in [3.63, 3.8) is 0 Å². The number of amides is 1. The van der Waals surface area contributed by atoms with E-state index in [0.29, 0.717) is 5.56 Å².